The molecule has 29 heavy (non-hydrogen) atoms. The molecule has 1 fully saturated rings. The van der Waals surface area contributed by atoms with Crippen molar-refractivity contribution in [2.24, 2.45) is 13.0 Å². The molecule has 0 aliphatic carbocycles. The molecule has 1 amide bonds. The van der Waals surface area contributed by atoms with Crippen LogP contribution in [0, 0.1) is 5.92 Å². The zero-order chi connectivity index (χ0) is 21.3. The van der Waals surface area contributed by atoms with E-state index in [4.69, 9.17) is 9.47 Å². The van der Waals surface area contributed by atoms with Crippen molar-refractivity contribution < 1.29 is 23.9 Å². The predicted octanol–water partition coefficient (Wildman–Crippen LogP) is 3.79. The number of piperidine rings is 1. The normalized spacial score (nSPS) is 15.4. The second-order valence-electron chi connectivity index (χ2n) is 8.46. The first-order chi connectivity index (χ1) is 13.6. The van der Waals surface area contributed by atoms with Gasteiger partial charge in [0, 0.05) is 42.5 Å². The van der Waals surface area contributed by atoms with Crippen molar-refractivity contribution in [3.8, 4) is 0 Å². The van der Waals surface area contributed by atoms with Crippen molar-refractivity contribution in [2.75, 3.05) is 20.2 Å². The van der Waals surface area contributed by atoms with E-state index in [0.717, 1.165) is 10.9 Å². The number of aromatic nitrogens is 1. The van der Waals surface area contributed by atoms with E-state index in [9.17, 15) is 14.4 Å². The minimum atomic E-state index is -0.530. The maximum Gasteiger partial charge on any atom is 0.410 e. The van der Waals surface area contributed by atoms with E-state index in [-0.39, 0.29) is 17.8 Å². The molecule has 3 rings (SSSR count). The lowest BCUT2D eigenvalue weighted by Gasteiger charge is -2.33. The summed E-state index contributed by atoms with van der Waals surface area (Å²) in [6.07, 6.45) is 0.886. The van der Waals surface area contributed by atoms with Gasteiger partial charge in [-0.05, 0) is 45.7 Å². The minimum absolute atomic E-state index is 0.0663. The molecule has 1 aliphatic rings. The fourth-order valence-electron chi connectivity index (χ4n) is 3.67. The Morgan fingerprint density at radius 1 is 1.07 bits per heavy atom. The summed E-state index contributed by atoms with van der Waals surface area (Å²) in [5.41, 5.74) is 1.34. The molecule has 2 aromatic rings. The summed E-state index contributed by atoms with van der Waals surface area (Å²) in [5.74, 6) is -0.478. The molecule has 1 aromatic heterocycles. The van der Waals surface area contributed by atoms with E-state index in [1.165, 1.54) is 7.11 Å². The van der Waals surface area contributed by atoms with Gasteiger partial charge in [-0.25, -0.2) is 9.59 Å². The molecule has 0 N–H and O–H groups in total. The Bertz CT molecular complexity index is 946. The van der Waals surface area contributed by atoms with E-state index >= 15 is 0 Å². The van der Waals surface area contributed by atoms with Gasteiger partial charge in [0.05, 0.1) is 7.11 Å². The van der Waals surface area contributed by atoms with Gasteiger partial charge >= 0.3 is 12.1 Å². The quantitative estimate of drug-likeness (QED) is 0.579. The first-order valence-corrected chi connectivity index (χ1v) is 9.80. The summed E-state index contributed by atoms with van der Waals surface area (Å²) in [6.45, 7) is 6.53. The Balaban J connectivity index is 1.71. The Labute approximate surface area is 170 Å². The predicted molar refractivity (Wildman–Crippen MR) is 109 cm³/mol. The van der Waals surface area contributed by atoms with Crippen LogP contribution in [0.25, 0.3) is 10.9 Å². The van der Waals surface area contributed by atoms with Gasteiger partial charge in [0.2, 0.25) is 0 Å². The maximum absolute atomic E-state index is 13.0. The highest BCUT2D eigenvalue weighted by molar-refractivity contribution is 6.02. The molecule has 1 saturated heterocycles. The second-order valence-corrected chi connectivity index (χ2v) is 8.46. The molecular formula is C22H28N2O5. The van der Waals surface area contributed by atoms with Crippen LogP contribution >= 0.6 is 0 Å². The van der Waals surface area contributed by atoms with Gasteiger partial charge in [0.1, 0.15) is 11.3 Å². The van der Waals surface area contributed by atoms with Gasteiger partial charge in [0.15, 0.2) is 5.78 Å². The summed E-state index contributed by atoms with van der Waals surface area (Å²) in [6, 6.07) is 7.23. The summed E-state index contributed by atoms with van der Waals surface area (Å²) in [5, 5.41) is 0.879. The van der Waals surface area contributed by atoms with Crippen LogP contribution < -0.4 is 0 Å². The molecule has 2 heterocycles. The van der Waals surface area contributed by atoms with Crippen LogP contribution in [0.5, 0.6) is 0 Å². The third-order valence-corrected chi connectivity index (χ3v) is 5.24. The highest BCUT2D eigenvalue weighted by atomic mass is 16.6. The molecule has 1 aromatic carbocycles. The van der Waals surface area contributed by atoms with Crippen LogP contribution in [0.3, 0.4) is 0 Å². The lowest BCUT2D eigenvalue weighted by Crippen LogP contribution is -2.43. The number of amides is 1. The number of benzene rings is 1. The van der Waals surface area contributed by atoms with Crippen LogP contribution in [-0.4, -0.2) is 53.1 Å². The summed E-state index contributed by atoms with van der Waals surface area (Å²) >= 11 is 0. The number of hydrogen-bond donors (Lipinski definition) is 0. The van der Waals surface area contributed by atoms with Crippen molar-refractivity contribution >= 4 is 28.7 Å². The van der Waals surface area contributed by atoms with Crippen LogP contribution in [0.1, 0.15) is 54.5 Å². The van der Waals surface area contributed by atoms with Crippen molar-refractivity contribution in [3.63, 3.8) is 0 Å². The average molecular weight is 400 g/mol. The Morgan fingerprint density at radius 2 is 1.72 bits per heavy atom. The van der Waals surface area contributed by atoms with Gasteiger partial charge in [-0.1, -0.05) is 12.1 Å². The first kappa shape index (κ1) is 20.9. The molecule has 7 nitrogen and oxygen atoms in total. The highest BCUT2D eigenvalue weighted by Crippen LogP contribution is 2.26. The van der Waals surface area contributed by atoms with Gasteiger partial charge in [0.25, 0.3) is 0 Å². The molecule has 0 spiro atoms. The van der Waals surface area contributed by atoms with E-state index in [1.54, 1.807) is 28.6 Å². The van der Waals surface area contributed by atoms with Gasteiger partial charge < -0.3 is 18.9 Å². The average Bonchev–Trinajstić information content (AvgIpc) is 3.01. The van der Waals surface area contributed by atoms with Crippen LogP contribution in [0.4, 0.5) is 4.79 Å². The Kier molecular flexibility index (Phi) is 5.68. The van der Waals surface area contributed by atoms with Crippen molar-refractivity contribution in [1.29, 1.82) is 0 Å². The summed E-state index contributed by atoms with van der Waals surface area (Å²) < 4.78 is 12.0. The number of nitrogens with zero attached hydrogens (tertiary/aromatic N) is 2. The number of esters is 1. The zero-order valence-corrected chi connectivity index (χ0v) is 17.7. The lowest BCUT2D eigenvalue weighted by molar-refractivity contribution is 0.0182. The third-order valence-electron chi connectivity index (χ3n) is 5.24. The lowest BCUT2D eigenvalue weighted by atomic mass is 9.89. The van der Waals surface area contributed by atoms with Gasteiger partial charge in [-0.3, -0.25) is 4.79 Å². The molecule has 0 saturated carbocycles. The van der Waals surface area contributed by atoms with E-state index < -0.39 is 11.6 Å². The van der Waals surface area contributed by atoms with Gasteiger partial charge in [-0.15, -0.1) is 0 Å². The molecule has 0 radical (unpaired) electrons. The number of carbonyl (C=O) groups is 3. The highest BCUT2D eigenvalue weighted by Gasteiger charge is 2.30. The van der Waals surface area contributed by atoms with E-state index in [1.807, 2.05) is 32.9 Å². The maximum atomic E-state index is 13.0. The minimum Gasteiger partial charge on any atom is -0.464 e. The van der Waals surface area contributed by atoms with Crippen molar-refractivity contribution in [2.45, 2.75) is 39.2 Å². The Hall–Kier alpha value is -2.83. The molecule has 1 aliphatic heterocycles. The number of Topliss-reactive ketones (excluding diaryl/α,β-unsaturated/α-hetero) is 1. The monoisotopic (exact) mass is 400 g/mol. The molecule has 0 unspecified atom stereocenters. The van der Waals surface area contributed by atoms with Crippen LogP contribution in [0.15, 0.2) is 24.3 Å². The van der Waals surface area contributed by atoms with Crippen LogP contribution in [0.2, 0.25) is 0 Å². The zero-order valence-electron chi connectivity index (χ0n) is 17.7. The number of fused-ring (bicyclic) bond motifs is 1. The van der Waals surface area contributed by atoms with E-state index in [2.05, 4.69) is 0 Å². The number of aryl methyl sites for hydroxylation is 1. The number of hydrogen-bond acceptors (Lipinski definition) is 5. The topological polar surface area (TPSA) is 77.8 Å². The first-order valence-electron chi connectivity index (χ1n) is 9.80. The molecule has 156 valence electrons. The fraction of sp³-hybridized carbons (Fsp3) is 0.500. The number of rotatable bonds is 3. The second kappa shape index (κ2) is 7.89. The van der Waals surface area contributed by atoms with Crippen LogP contribution in [-0.2, 0) is 16.5 Å². The molecule has 7 heteroatoms. The fourth-order valence-corrected chi connectivity index (χ4v) is 3.67. The summed E-state index contributed by atoms with van der Waals surface area (Å²) in [4.78, 5) is 38.8. The molecule has 0 bridgehead atoms. The number of ether oxygens (including phenoxy) is 2. The van der Waals surface area contributed by atoms with Crippen molar-refractivity contribution in [1.82, 2.24) is 9.47 Å². The SMILES string of the molecule is COC(=O)c1cc2ccc(C(=O)C3CCN(C(=O)OC(C)(C)C)CC3)cc2n1C. The number of ketones is 1. The molecular weight excluding hydrogens is 372 g/mol. The number of carbonyl (C=O) groups excluding carboxylic acids is 3. The van der Waals surface area contributed by atoms with Gasteiger partial charge in [-0.2, -0.15) is 0 Å². The standard InChI is InChI=1S/C22H28N2O5/c1-22(2,3)29-21(27)24-10-8-14(9-11-24)19(25)16-7-6-15-12-18(20(26)28-5)23(4)17(15)13-16/h6-7,12-14H,8-11H2,1-5H3. The smallest absolute Gasteiger partial charge is 0.410 e. The molecule has 0 atom stereocenters. The largest absolute Gasteiger partial charge is 0.464 e. The van der Waals surface area contributed by atoms with E-state index in [0.29, 0.717) is 37.2 Å². The third kappa shape index (κ3) is 4.44. The summed E-state index contributed by atoms with van der Waals surface area (Å²) in [7, 11) is 3.13. The number of methoxy groups -OCH3 is 1. The number of likely N-dealkylation sites (tertiary alicyclic amines) is 1. The Morgan fingerprint density at radius 3 is 2.31 bits per heavy atom. The van der Waals surface area contributed by atoms with Crippen molar-refractivity contribution in [3.05, 3.63) is 35.5 Å².